The van der Waals surface area contributed by atoms with Crippen LogP contribution < -0.4 is 0 Å². The Hall–Kier alpha value is -1.89. The Morgan fingerprint density at radius 3 is 2.55 bits per heavy atom. The topological polar surface area (TPSA) is 61.7 Å². The fourth-order valence-electron chi connectivity index (χ4n) is 2.73. The summed E-state index contributed by atoms with van der Waals surface area (Å²) in [5, 5.41) is 4.33. The molecule has 0 aliphatic carbocycles. The van der Waals surface area contributed by atoms with Gasteiger partial charge in [0.1, 0.15) is 12.6 Å². The van der Waals surface area contributed by atoms with Crippen LogP contribution in [0.2, 0.25) is 0 Å². The zero-order chi connectivity index (χ0) is 16.4. The van der Waals surface area contributed by atoms with Gasteiger partial charge in [0.25, 0.3) is 0 Å². The van der Waals surface area contributed by atoms with Crippen LogP contribution in [0.1, 0.15) is 11.4 Å². The second-order valence-corrected chi connectivity index (χ2v) is 6.15. The number of aromatic nitrogens is 2. The first kappa shape index (κ1) is 16.5. The van der Waals surface area contributed by atoms with Crippen LogP contribution >= 0.6 is 0 Å². The second-order valence-electron chi connectivity index (χ2n) is 6.15. The summed E-state index contributed by atoms with van der Waals surface area (Å²) in [6.07, 6.45) is 0. The van der Waals surface area contributed by atoms with Crippen molar-refractivity contribution in [1.29, 1.82) is 0 Å². The lowest BCUT2D eigenvalue weighted by molar-refractivity contribution is -0.141. The molecular formula is C15H25N5O2. The first-order chi connectivity index (χ1) is 10.3. The van der Waals surface area contributed by atoms with Crippen LogP contribution in [0.3, 0.4) is 0 Å². The third kappa shape index (κ3) is 3.47. The molecule has 0 radical (unpaired) electrons. The van der Waals surface area contributed by atoms with E-state index in [-0.39, 0.29) is 24.4 Å². The Kier molecular flexibility index (Phi) is 4.85. The Morgan fingerprint density at radius 1 is 1.32 bits per heavy atom. The lowest BCUT2D eigenvalue weighted by Gasteiger charge is -2.39. The van der Waals surface area contributed by atoms with Crippen LogP contribution in [-0.2, 0) is 16.1 Å². The fourth-order valence-corrected chi connectivity index (χ4v) is 2.73. The van der Waals surface area contributed by atoms with Gasteiger partial charge in [0.2, 0.25) is 11.8 Å². The molecule has 7 nitrogen and oxygen atoms in total. The maximum Gasteiger partial charge on any atom is 0.244 e. The van der Waals surface area contributed by atoms with Gasteiger partial charge >= 0.3 is 0 Å². The Balaban J connectivity index is 2.04. The lowest BCUT2D eigenvalue weighted by Crippen LogP contribution is -2.58. The van der Waals surface area contributed by atoms with E-state index in [2.05, 4.69) is 5.10 Å². The molecule has 0 spiro atoms. The van der Waals surface area contributed by atoms with E-state index >= 15 is 0 Å². The predicted octanol–water partition coefficient (Wildman–Crippen LogP) is -0.269. The molecule has 0 N–H and O–H groups in total. The van der Waals surface area contributed by atoms with E-state index in [0.717, 1.165) is 11.4 Å². The average molecular weight is 307 g/mol. The number of hydrogen-bond donors (Lipinski definition) is 0. The highest BCUT2D eigenvalue weighted by Gasteiger charge is 2.33. The van der Waals surface area contributed by atoms with Gasteiger partial charge in [-0.05, 0) is 27.0 Å². The molecule has 1 aliphatic heterocycles. The number of nitrogens with zero attached hydrogens (tertiary/aromatic N) is 5. The van der Waals surface area contributed by atoms with E-state index in [0.29, 0.717) is 19.6 Å². The van der Waals surface area contributed by atoms with E-state index in [1.165, 1.54) is 0 Å². The number of amides is 2. The maximum atomic E-state index is 12.5. The number of piperazine rings is 1. The molecule has 0 saturated carbocycles. The monoisotopic (exact) mass is 307 g/mol. The predicted molar refractivity (Wildman–Crippen MR) is 83.4 cm³/mol. The summed E-state index contributed by atoms with van der Waals surface area (Å²) in [5.74, 6) is 0.0435. The molecule has 2 rings (SSSR count). The minimum absolute atomic E-state index is 0.0101. The van der Waals surface area contributed by atoms with E-state index in [4.69, 9.17) is 0 Å². The molecule has 1 fully saturated rings. The van der Waals surface area contributed by atoms with Gasteiger partial charge in [-0.15, -0.1) is 0 Å². The van der Waals surface area contributed by atoms with Crippen LogP contribution in [0.4, 0.5) is 0 Å². The highest BCUT2D eigenvalue weighted by Crippen LogP contribution is 2.11. The number of aryl methyl sites for hydroxylation is 2. The molecule has 122 valence electrons. The van der Waals surface area contributed by atoms with Crippen molar-refractivity contribution in [2.45, 2.75) is 26.4 Å². The number of rotatable bonds is 3. The molecule has 1 aromatic rings. The number of hydrogen-bond acceptors (Lipinski definition) is 4. The third-order valence-electron chi connectivity index (χ3n) is 4.11. The molecule has 0 aromatic carbocycles. The van der Waals surface area contributed by atoms with Gasteiger partial charge in [-0.2, -0.15) is 5.10 Å². The molecule has 1 saturated heterocycles. The third-order valence-corrected chi connectivity index (χ3v) is 4.11. The van der Waals surface area contributed by atoms with E-state index < -0.39 is 0 Å². The van der Waals surface area contributed by atoms with Gasteiger partial charge in [0.15, 0.2) is 0 Å². The van der Waals surface area contributed by atoms with Crippen LogP contribution in [-0.4, -0.2) is 83.1 Å². The Labute approximate surface area is 131 Å². The summed E-state index contributed by atoms with van der Waals surface area (Å²) >= 11 is 0. The van der Waals surface area contributed by atoms with Crippen molar-refractivity contribution < 1.29 is 9.59 Å². The normalized spacial score (nSPS) is 19.3. The van der Waals surface area contributed by atoms with Crippen molar-refractivity contribution in [2.24, 2.45) is 0 Å². The zero-order valence-corrected chi connectivity index (χ0v) is 14.0. The summed E-state index contributed by atoms with van der Waals surface area (Å²) in [4.78, 5) is 30.1. The number of carbonyl (C=O) groups is 2. The largest absolute Gasteiger partial charge is 0.347 e. The van der Waals surface area contributed by atoms with Crippen molar-refractivity contribution in [2.75, 3.05) is 40.8 Å². The van der Waals surface area contributed by atoms with Crippen LogP contribution in [0.25, 0.3) is 0 Å². The highest BCUT2D eigenvalue weighted by atomic mass is 16.2. The van der Waals surface area contributed by atoms with Crippen molar-refractivity contribution in [3.63, 3.8) is 0 Å². The molecule has 1 aromatic heterocycles. The van der Waals surface area contributed by atoms with Crippen molar-refractivity contribution in [3.05, 3.63) is 17.5 Å². The SMILES string of the molecule is Cc1cc(C)n(CC(=O)N2CCN(C)[C@@H](C(=O)N(C)C)C2)n1. The molecular weight excluding hydrogens is 282 g/mol. The van der Waals surface area contributed by atoms with Crippen LogP contribution in [0.5, 0.6) is 0 Å². The molecule has 2 heterocycles. The first-order valence-electron chi connectivity index (χ1n) is 7.50. The maximum absolute atomic E-state index is 12.5. The van der Waals surface area contributed by atoms with Crippen molar-refractivity contribution >= 4 is 11.8 Å². The smallest absolute Gasteiger partial charge is 0.244 e. The molecule has 1 atom stereocenters. The molecule has 0 bridgehead atoms. The van der Waals surface area contributed by atoms with Gasteiger partial charge in [0.05, 0.1) is 5.69 Å². The summed E-state index contributed by atoms with van der Waals surface area (Å²) in [5.41, 5.74) is 1.88. The molecule has 0 unspecified atom stereocenters. The van der Waals surface area contributed by atoms with Crippen molar-refractivity contribution in [3.8, 4) is 0 Å². The molecule has 22 heavy (non-hydrogen) atoms. The number of likely N-dealkylation sites (N-methyl/N-ethyl adjacent to an activating group) is 2. The Morgan fingerprint density at radius 2 is 2.00 bits per heavy atom. The Bertz CT molecular complexity index is 566. The van der Waals surface area contributed by atoms with Gasteiger partial charge < -0.3 is 9.80 Å². The summed E-state index contributed by atoms with van der Waals surface area (Å²) in [7, 11) is 5.41. The molecule has 1 aliphatic rings. The van der Waals surface area contributed by atoms with Gasteiger partial charge in [0, 0.05) is 39.4 Å². The first-order valence-corrected chi connectivity index (χ1v) is 7.50. The molecule has 7 heteroatoms. The quantitative estimate of drug-likeness (QED) is 0.771. The van der Waals surface area contributed by atoms with Gasteiger partial charge in [-0.25, -0.2) is 0 Å². The average Bonchev–Trinajstić information content (AvgIpc) is 2.76. The molecule has 2 amide bonds. The van der Waals surface area contributed by atoms with Crippen molar-refractivity contribution in [1.82, 2.24) is 24.5 Å². The summed E-state index contributed by atoms with van der Waals surface area (Å²) < 4.78 is 1.72. The fraction of sp³-hybridized carbons (Fsp3) is 0.667. The number of carbonyl (C=O) groups excluding carboxylic acids is 2. The standard InChI is InChI=1S/C15H25N5O2/c1-11-8-12(2)20(16-11)10-14(21)19-7-6-18(5)13(9-19)15(22)17(3)4/h8,13H,6-7,9-10H2,1-5H3/t13-/m1/s1. The van der Waals surface area contributed by atoms with E-state index in [9.17, 15) is 9.59 Å². The minimum atomic E-state index is -0.270. The van der Waals surface area contributed by atoms with Crippen LogP contribution in [0, 0.1) is 13.8 Å². The highest BCUT2D eigenvalue weighted by molar-refractivity contribution is 5.83. The van der Waals surface area contributed by atoms with E-state index in [1.54, 1.807) is 28.6 Å². The zero-order valence-electron chi connectivity index (χ0n) is 14.0. The summed E-state index contributed by atoms with van der Waals surface area (Å²) in [6, 6.07) is 1.68. The minimum Gasteiger partial charge on any atom is -0.347 e. The van der Waals surface area contributed by atoms with Gasteiger partial charge in [-0.3, -0.25) is 19.2 Å². The van der Waals surface area contributed by atoms with E-state index in [1.807, 2.05) is 31.9 Å². The second kappa shape index (κ2) is 6.48. The lowest BCUT2D eigenvalue weighted by atomic mass is 10.1. The summed E-state index contributed by atoms with van der Waals surface area (Å²) in [6.45, 7) is 5.86. The van der Waals surface area contributed by atoms with Gasteiger partial charge in [-0.1, -0.05) is 0 Å². The van der Waals surface area contributed by atoms with Crippen LogP contribution in [0.15, 0.2) is 6.07 Å².